The smallest absolute Gasteiger partial charge is 0.272 e. The lowest BCUT2D eigenvalue weighted by molar-refractivity contribution is -0.00156. The molecule has 4 rings (SSSR count). The summed E-state index contributed by atoms with van der Waals surface area (Å²) in [5, 5.41) is 7.76. The molecular formula is C21H28N4O2. The average molecular weight is 368 g/mol. The van der Waals surface area contributed by atoms with E-state index in [1.54, 1.807) is 6.20 Å². The maximum Gasteiger partial charge on any atom is 0.272 e. The minimum atomic E-state index is -0.0677. The van der Waals surface area contributed by atoms with Crippen molar-refractivity contribution in [3.05, 3.63) is 47.0 Å². The van der Waals surface area contributed by atoms with Crippen LogP contribution in [-0.2, 0) is 24.6 Å². The Morgan fingerprint density at radius 3 is 3.00 bits per heavy atom. The van der Waals surface area contributed by atoms with Crippen LogP contribution in [0.4, 0.5) is 0 Å². The van der Waals surface area contributed by atoms with Gasteiger partial charge in [-0.2, -0.15) is 5.10 Å². The summed E-state index contributed by atoms with van der Waals surface area (Å²) in [4.78, 5) is 17.4. The van der Waals surface area contributed by atoms with E-state index >= 15 is 0 Å². The van der Waals surface area contributed by atoms with Gasteiger partial charge in [0.1, 0.15) is 6.10 Å². The molecule has 3 heterocycles. The van der Waals surface area contributed by atoms with Gasteiger partial charge in [0.15, 0.2) is 5.69 Å². The minimum Gasteiger partial charge on any atom is -0.372 e. The second-order valence-electron chi connectivity index (χ2n) is 8.55. The third-order valence-electron chi connectivity index (χ3n) is 5.82. The van der Waals surface area contributed by atoms with Crippen LogP contribution >= 0.6 is 0 Å². The molecule has 0 unspecified atom stereocenters. The monoisotopic (exact) mass is 368 g/mol. The van der Waals surface area contributed by atoms with Crippen molar-refractivity contribution in [1.82, 2.24) is 20.1 Å². The molecule has 1 aliphatic heterocycles. The molecule has 1 aliphatic carbocycles. The van der Waals surface area contributed by atoms with E-state index in [0.29, 0.717) is 12.3 Å². The maximum absolute atomic E-state index is 13.0. The number of carbonyl (C=O) groups excluding carboxylic acids is 1. The van der Waals surface area contributed by atoms with E-state index in [4.69, 9.17) is 4.74 Å². The molecule has 0 spiro atoms. The molecule has 2 aliphatic rings. The van der Waals surface area contributed by atoms with E-state index in [1.807, 2.05) is 29.9 Å². The van der Waals surface area contributed by atoms with Gasteiger partial charge in [0.05, 0.1) is 5.69 Å². The summed E-state index contributed by atoms with van der Waals surface area (Å²) in [6, 6.07) is 5.92. The summed E-state index contributed by atoms with van der Waals surface area (Å²) >= 11 is 0. The van der Waals surface area contributed by atoms with E-state index in [9.17, 15) is 4.79 Å². The second-order valence-corrected chi connectivity index (χ2v) is 8.55. The van der Waals surface area contributed by atoms with E-state index < -0.39 is 0 Å². The predicted octanol–water partition coefficient (Wildman–Crippen LogP) is 2.98. The van der Waals surface area contributed by atoms with E-state index in [1.165, 1.54) is 5.69 Å². The molecule has 1 amide bonds. The zero-order chi connectivity index (χ0) is 19.0. The Morgan fingerprint density at radius 2 is 2.22 bits per heavy atom. The highest BCUT2D eigenvalue weighted by Gasteiger charge is 2.33. The van der Waals surface area contributed by atoms with E-state index in [0.717, 1.165) is 43.4 Å². The lowest BCUT2D eigenvalue weighted by atomic mass is 9.76. The number of pyridine rings is 1. The van der Waals surface area contributed by atoms with Crippen LogP contribution in [-0.4, -0.2) is 33.3 Å². The normalized spacial score (nSPS) is 24.3. The number of hydrogen-bond acceptors (Lipinski definition) is 4. The molecule has 6 heteroatoms. The van der Waals surface area contributed by atoms with Gasteiger partial charge in [-0.1, -0.05) is 19.9 Å². The zero-order valence-corrected chi connectivity index (χ0v) is 16.4. The van der Waals surface area contributed by atoms with Crippen LogP contribution in [0.3, 0.4) is 0 Å². The van der Waals surface area contributed by atoms with Crippen LogP contribution in [0, 0.1) is 5.41 Å². The van der Waals surface area contributed by atoms with Crippen LogP contribution in [0.2, 0.25) is 0 Å². The molecule has 1 fully saturated rings. The van der Waals surface area contributed by atoms with Crippen molar-refractivity contribution in [2.75, 3.05) is 6.61 Å². The predicted molar refractivity (Wildman–Crippen MR) is 102 cm³/mol. The third kappa shape index (κ3) is 3.76. The number of fused-ring (bicyclic) bond motifs is 1. The third-order valence-corrected chi connectivity index (χ3v) is 5.82. The number of hydrogen-bond donors (Lipinski definition) is 1. The molecule has 27 heavy (non-hydrogen) atoms. The Labute approximate surface area is 160 Å². The van der Waals surface area contributed by atoms with Crippen LogP contribution < -0.4 is 5.32 Å². The summed E-state index contributed by atoms with van der Waals surface area (Å²) in [5.74, 6) is -0.0591. The molecule has 2 aromatic heterocycles. The van der Waals surface area contributed by atoms with Gasteiger partial charge in [0, 0.05) is 37.2 Å². The summed E-state index contributed by atoms with van der Waals surface area (Å²) in [6.45, 7) is 5.15. The highest BCUT2D eigenvalue weighted by atomic mass is 16.5. The molecule has 2 aromatic rings. The topological polar surface area (TPSA) is 69.0 Å². The Balaban J connectivity index is 1.48. The van der Waals surface area contributed by atoms with Crippen molar-refractivity contribution in [3.63, 3.8) is 0 Å². The molecule has 1 saturated heterocycles. The standard InChI is InChI=1S/C21H28N4O2/c1-21(2)9-7-17-15(13-21)19(24-25(17)3)20(26)23-14-8-11-27-18(12-14)16-6-4-5-10-22-16/h4-6,10,14,18H,7-9,11-13H2,1-3H3,(H,23,26)/t14-,18-/m1/s1. The number of nitrogens with one attached hydrogen (secondary N) is 1. The minimum absolute atomic E-state index is 0.0591. The lowest BCUT2D eigenvalue weighted by Gasteiger charge is -2.31. The Bertz CT molecular complexity index is 828. The van der Waals surface area contributed by atoms with Gasteiger partial charge in [-0.3, -0.25) is 14.5 Å². The quantitative estimate of drug-likeness (QED) is 0.904. The fourth-order valence-corrected chi connectivity index (χ4v) is 4.26. The summed E-state index contributed by atoms with van der Waals surface area (Å²) in [6.07, 6.45) is 6.29. The van der Waals surface area contributed by atoms with Crippen molar-refractivity contribution in [2.24, 2.45) is 12.5 Å². The Kier molecular flexibility index (Phi) is 4.76. The molecule has 0 aromatic carbocycles. The van der Waals surface area contributed by atoms with Crippen molar-refractivity contribution < 1.29 is 9.53 Å². The maximum atomic E-state index is 13.0. The van der Waals surface area contributed by atoms with Crippen LogP contribution in [0.1, 0.15) is 66.7 Å². The molecule has 0 saturated carbocycles. The van der Waals surface area contributed by atoms with Gasteiger partial charge in [-0.15, -0.1) is 0 Å². The summed E-state index contributed by atoms with van der Waals surface area (Å²) < 4.78 is 7.76. The number of amides is 1. The molecular weight excluding hydrogens is 340 g/mol. The summed E-state index contributed by atoms with van der Waals surface area (Å²) in [7, 11) is 1.94. The summed E-state index contributed by atoms with van der Waals surface area (Å²) in [5.41, 5.74) is 4.07. The van der Waals surface area contributed by atoms with Gasteiger partial charge in [0.2, 0.25) is 0 Å². The van der Waals surface area contributed by atoms with E-state index in [-0.39, 0.29) is 23.5 Å². The molecule has 2 atom stereocenters. The molecule has 144 valence electrons. The highest BCUT2D eigenvalue weighted by molar-refractivity contribution is 5.94. The number of rotatable bonds is 3. The van der Waals surface area contributed by atoms with Gasteiger partial charge < -0.3 is 10.1 Å². The SMILES string of the molecule is Cn1nc(C(=O)N[C@@H]2CCO[C@@H](c3ccccn3)C2)c2c1CCC(C)(C)C2. The number of ether oxygens (including phenoxy) is 1. The average Bonchev–Trinajstić information content (AvgIpc) is 2.97. The van der Waals surface area contributed by atoms with Crippen molar-refractivity contribution in [1.29, 1.82) is 0 Å². The number of aromatic nitrogens is 3. The fourth-order valence-electron chi connectivity index (χ4n) is 4.26. The number of aryl methyl sites for hydroxylation is 1. The number of nitrogens with zero attached hydrogens (tertiary/aromatic N) is 3. The molecule has 0 radical (unpaired) electrons. The number of carbonyl (C=O) groups is 1. The fraction of sp³-hybridized carbons (Fsp3) is 0.571. The van der Waals surface area contributed by atoms with Gasteiger partial charge in [-0.25, -0.2) is 0 Å². The Morgan fingerprint density at radius 1 is 1.37 bits per heavy atom. The van der Waals surface area contributed by atoms with Gasteiger partial charge in [0.25, 0.3) is 5.91 Å². The van der Waals surface area contributed by atoms with Crippen molar-refractivity contribution in [3.8, 4) is 0 Å². The first-order valence-corrected chi connectivity index (χ1v) is 9.81. The highest BCUT2D eigenvalue weighted by Crippen LogP contribution is 2.36. The van der Waals surface area contributed by atoms with Gasteiger partial charge >= 0.3 is 0 Å². The van der Waals surface area contributed by atoms with Crippen molar-refractivity contribution in [2.45, 2.75) is 58.1 Å². The lowest BCUT2D eigenvalue weighted by Crippen LogP contribution is -2.40. The first kappa shape index (κ1) is 18.2. The first-order valence-electron chi connectivity index (χ1n) is 9.81. The molecule has 1 N–H and O–H groups in total. The largest absolute Gasteiger partial charge is 0.372 e. The molecule has 0 bridgehead atoms. The van der Waals surface area contributed by atoms with Gasteiger partial charge in [-0.05, 0) is 49.7 Å². The van der Waals surface area contributed by atoms with Crippen molar-refractivity contribution >= 4 is 5.91 Å². The van der Waals surface area contributed by atoms with Crippen LogP contribution in [0.5, 0.6) is 0 Å². The zero-order valence-electron chi connectivity index (χ0n) is 16.4. The van der Waals surface area contributed by atoms with E-state index in [2.05, 4.69) is 29.2 Å². The van der Waals surface area contributed by atoms with Crippen LogP contribution in [0.25, 0.3) is 0 Å². The first-order chi connectivity index (χ1) is 12.9. The van der Waals surface area contributed by atoms with Crippen LogP contribution in [0.15, 0.2) is 24.4 Å². The molecule has 6 nitrogen and oxygen atoms in total. The second kappa shape index (κ2) is 7.08. The Hall–Kier alpha value is -2.21.